The zero-order valence-electron chi connectivity index (χ0n) is 17.9. The highest BCUT2D eigenvalue weighted by molar-refractivity contribution is 6.34. The van der Waals surface area contributed by atoms with Crippen molar-refractivity contribution in [3.05, 3.63) is 72.5 Å². The standard InChI is InChI=1S/C23H26Cl2N4O3/c1-2-4-17-5-3-11-28(17)14-20-18(24)13-19(25)22(30)29(20)12-10-15-6-8-16(9-7-15)21-26-27-23(31)32-21/h6-9,13,17H,2-5,10-12,14H2,1H3,(H,27,31)/t17-/m0/s1. The van der Waals surface area contributed by atoms with Gasteiger partial charge in [0.2, 0.25) is 5.89 Å². The van der Waals surface area contributed by atoms with Crippen LogP contribution in [0.5, 0.6) is 0 Å². The normalized spacial score (nSPS) is 16.7. The molecule has 0 saturated carbocycles. The first-order valence-electron chi connectivity index (χ1n) is 10.9. The molecule has 32 heavy (non-hydrogen) atoms. The maximum atomic E-state index is 12.9. The number of nitrogens with zero attached hydrogens (tertiary/aromatic N) is 3. The molecule has 170 valence electrons. The Labute approximate surface area is 196 Å². The number of H-pyrrole nitrogens is 1. The average Bonchev–Trinajstić information content (AvgIpc) is 3.41. The summed E-state index contributed by atoms with van der Waals surface area (Å²) in [7, 11) is 0. The summed E-state index contributed by atoms with van der Waals surface area (Å²) >= 11 is 12.7. The van der Waals surface area contributed by atoms with E-state index in [9.17, 15) is 9.59 Å². The van der Waals surface area contributed by atoms with Gasteiger partial charge in [0.25, 0.3) is 5.56 Å². The molecule has 2 aromatic heterocycles. The van der Waals surface area contributed by atoms with Gasteiger partial charge in [-0.15, -0.1) is 5.10 Å². The van der Waals surface area contributed by atoms with E-state index in [1.807, 2.05) is 24.3 Å². The van der Waals surface area contributed by atoms with Crippen molar-refractivity contribution in [2.75, 3.05) is 6.54 Å². The lowest BCUT2D eigenvalue weighted by atomic mass is 10.1. The van der Waals surface area contributed by atoms with Gasteiger partial charge < -0.3 is 8.98 Å². The highest BCUT2D eigenvalue weighted by Gasteiger charge is 2.26. The smallest absolute Gasteiger partial charge is 0.388 e. The number of hydrogen-bond donors (Lipinski definition) is 1. The van der Waals surface area contributed by atoms with E-state index >= 15 is 0 Å². The number of benzene rings is 1. The molecule has 7 nitrogen and oxygen atoms in total. The number of hydrogen-bond acceptors (Lipinski definition) is 5. The molecule has 0 aliphatic carbocycles. The van der Waals surface area contributed by atoms with Crippen molar-refractivity contribution in [3.8, 4) is 11.5 Å². The summed E-state index contributed by atoms with van der Waals surface area (Å²) in [5.74, 6) is -0.345. The molecule has 1 atom stereocenters. The minimum absolute atomic E-state index is 0.134. The van der Waals surface area contributed by atoms with Gasteiger partial charge in [0.05, 0.1) is 10.7 Å². The molecule has 1 aliphatic heterocycles. The van der Waals surface area contributed by atoms with Crippen molar-refractivity contribution in [3.63, 3.8) is 0 Å². The molecule has 1 fully saturated rings. The SMILES string of the molecule is CCC[C@H]1CCCN1Cc1c(Cl)cc(Cl)c(=O)n1CCc1ccc(-c2n[nH]c(=O)o2)cc1. The highest BCUT2D eigenvalue weighted by Crippen LogP contribution is 2.27. The van der Waals surface area contributed by atoms with E-state index in [0.29, 0.717) is 36.1 Å². The summed E-state index contributed by atoms with van der Waals surface area (Å²) in [5, 5.41) is 6.75. The van der Waals surface area contributed by atoms with E-state index in [0.717, 1.165) is 30.6 Å². The van der Waals surface area contributed by atoms with Crippen LogP contribution in [0.4, 0.5) is 0 Å². The lowest BCUT2D eigenvalue weighted by Crippen LogP contribution is -2.33. The van der Waals surface area contributed by atoms with Crippen molar-refractivity contribution in [2.45, 2.75) is 58.2 Å². The van der Waals surface area contributed by atoms with E-state index in [-0.39, 0.29) is 16.5 Å². The van der Waals surface area contributed by atoms with Gasteiger partial charge in [-0.05, 0) is 56.0 Å². The number of likely N-dealkylation sites (tertiary alicyclic amines) is 1. The van der Waals surface area contributed by atoms with Crippen LogP contribution < -0.4 is 11.3 Å². The van der Waals surface area contributed by atoms with Crippen LogP contribution in [-0.4, -0.2) is 32.3 Å². The number of aromatic nitrogens is 3. The summed E-state index contributed by atoms with van der Waals surface area (Å²) in [6, 6.07) is 9.63. The zero-order valence-corrected chi connectivity index (χ0v) is 19.5. The van der Waals surface area contributed by atoms with Crippen LogP contribution in [0, 0.1) is 0 Å². The number of rotatable bonds is 8. The summed E-state index contributed by atoms with van der Waals surface area (Å²) < 4.78 is 6.70. The van der Waals surface area contributed by atoms with Gasteiger partial charge in [-0.2, -0.15) is 0 Å². The van der Waals surface area contributed by atoms with E-state index in [2.05, 4.69) is 22.0 Å². The quantitative estimate of drug-likeness (QED) is 0.516. The monoisotopic (exact) mass is 476 g/mol. The molecule has 0 amide bonds. The van der Waals surface area contributed by atoms with Crippen LogP contribution in [0.3, 0.4) is 0 Å². The van der Waals surface area contributed by atoms with E-state index in [4.69, 9.17) is 27.6 Å². The summed E-state index contributed by atoms with van der Waals surface area (Å²) in [4.78, 5) is 26.5. The Kier molecular flexibility index (Phi) is 7.18. The van der Waals surface area contributed by atoms with Crippen molar-refractivity contribution in [2.24, 2.45) is 0 Å². The second kappa shape index (κ2) is 10.1. The number of nitrogens with one attached hydrogen (secondary N) is 1. The number of aryl methyl sites for hydroxylation is 1. The molecule has 9 heteroatoms. The van der Waals surface area contributed by atoms with E-state index < -0.39 is 5.76 Å². The predicted molar refractivity (Wildman–Crippen MR) is 125 cm³/mol. The second-order valence-corrected chi connectivity index (χ2v) is 8.98. The molecule has 1 aliphatic rings. The van der Waals surface area contributed by atoms with Crippen LogP contribution in [-0.2, 0) is 19.5 Å². The first-order valence-corrected chi connectivity index (χ1v) is 11.7. The van der Waals surface area contributed by atoms with Crippen LogP contribution in [0.1, 0.15) is 43.9 Å². The number of halogens is 2. The molecular weight excluding hydrogens is 451 g/mol. The minimum atomic E-state index is -0.590. The summed E-state index contributed by atoms with van der Waals surface area (Å²) in [5.41, 5.74) is 2.34. The van der Waals surface area contributed by atoms with Crippen LogP contribution in [0.25, 0.3) is 11.5 Å². The molecule has 4 rings (SSSR count). The molecule has 3 heterocycles. The van der Waals surface area contributed by atoms with Gasteiger partial charge in [-0.25, -0.2) is 9.89 Å². The lowest BCUT2D eigenvalue weighted by Gasteiger charge is -2.26. The topological polar surface area (TPSA) is 84.1 Å². The Morgan fingerprint density at radius 1 is 1.19 bits per heavy atom. The molecule has 0 spiro atoms. The van der Waals surface area contributed by atoms with Crippen molar-refractivity contribution >= 4 is 23.2 Å². The minimum Gasteiger partial charge on any atom is -0.388 e. The van der Waals surface area contributed by atoms with Crippen LogP contribution in [0.2, 0.25) is 10.0 Å². The summed E-state index contributed by atoms with van der Waals surface area (Å²) in [6.45, 7) is 4.33. The van der Waals surface area contributed by atoms with E-state index in [1.54, 1.807) is 10.6 Å². The molecule has 3 aromatic rings. The second-order valence-electron chi connectivity index (χ2n) is 8.16. The van der Waals surface area contributed by atoms with Gasteiger partial charge in [-0.1, -0.05) is 48.7 Å². The van der Waals surface area contributed by atoms with Gasteiger partial charge in [-0.3, -0.25) is 9.69 Å². The fraction of sp³-hybridized carbons (Fsp3) is 0.435. The molecule has 0 bridgehead atoms. The van der Waals surface area contributed by atoms with Crippen molar-refractivity contribution in [1.82, 2.24) is 19.7 Å². The van der Waals surface area contributed by atoms with Crippen molar-refractivity contribution in [1.29, 1.82) is 0 Å². The van der Waals surface area contributed by atoms with Gasteiger partial charge in [0.1, 0.15) is 5.02 Å². The third-order valence-corrected chi connectivity index (χ3v) is 6.64. The van der Waals surface area contributed by atoms with Crippen molar-refractivity contribution < 1.29 is 4.42 Å². The fourth-order valence-corrected chi connectivity index (χ4v) is 4.94. The van der Waals surface area contributed by atoms with E-state index in [1.165, 1.54) is 12.8 Å². The highest BCUT2D eigenvalue weighted by atomic mass is 35.5. The van der Waals surface area contributed by atoms with Gasteiger partial charge in [0, 0.05) is 24.7 Å². The fourth-order valence-electron chi connectivity index (χ4n) is 4.40. The van der Waals surface area contributed by atoms with Crippen LogP contribution in [0.15, 0.2) is 44.3 Å². The Morgan fingerprint density at radius 2 is 1.97 bits per heavy atom. The first kappa shape index (κ1) is 22.8. The predicted octanol–water partition coefficient (Wildman–Crippen LogP) is 4.51. The molecular formula is C23H26Cl2N4O3. The third kappa shape index (κ3) is 5.00. The average molecular weight is 477 g/mol. The van der Waals surface area contributed by atoms with Gasteiger partial charge in [0.15, 0.2) is 0 Å². The number of aromatic amines is 1. The molecule has 0 radical (unpaired) electrons. The number of pyridine rings is 1. The third-order valence-electron chi connectivity index (χ3n) is 6.04. The zero-order chi connectivity index (χ0) is 22.7. The Morgan fingerprint density at radius 3 is 2.66 bits per heavy atom. The van der Waals surface area contributed by atoms with Crippen LogP contribution >= 0.6 is 23.2 Å². The first-order chi connectivity index (χ1) is 15.5. The Bertz CT molecular complexity index is 1180. The maximum absolute atomic E-state index is 12.9. The Hall–Kier alpha value is -2.35. The molecule has 1 aromatic carbocycles. The van der Waals surface area contributed by atoms with Gasteiger partial charge >= 0.3 is 5.76 Å². The lowest BCUT2D eigenvalue weighted by molar-refractivity contribution is 0.227. The Balaban J connectivity index is 1.54. The largest absolute Gasteiger partial charge is 0.434 e. The maximum Gasteiger partial charge on any atom is 0.434 e. The molecule has 1 saturated heterocycles. The molecule has 1 N–H and O–H groups in total. The molecule has 0 unspecified atom stereocenters. The summed E-state index contributed by atoms with van der Waals surface area (Å²) in [6.07, 6.45) is 5.28.